The van der Waals surface area contributed by atoms with Crippen LogP contribution < -0.4 is 0 Å². The SMILES string of the molecule is Cc1cc(C)cc(C=C2C(=O)C(c3ccccc3)c3ccccc32)c1. The molecule has 3 aromatic rings. The van der Waals surface area contributed by atoms with Crippen LogP contribution in [0.4, 0.5) is 0 Å². The molecular formula is C24H20O. The highest BCUT2D eigenvalue weighted by molar-refractivity contribution is 6.32. The van der Waals surface area contributed by atoms with E-state index in [0.717, 1.165) is 27.8 Å². The molecule has 0 spiro atoms. The summed E-state index contributed by atoms with van der Waals surface area (Å²) in [6, 6.07) is 24.6. The number of hydrogen-bond acceptors (Lipinski definition) is 1. The Balaban J connectivity index is 1.87. The van der Waals surface area contributed by atoms with E-state index in [-0.39, 0.29) is 11.7 Å². The van der Waals surface area contributed by atoms with Gasteiger partial charge in [0.25, 0.3) is 0 Å². The van der Waals surface area contributed by atoms with Gasteiger partial charge in [0.2, 0.25) is 0 Å². The van der Waals surface area contributed by atoms with Crippen LogP contribution in [0.1, 0.15) is 39.3 Å². The second-order valence-corrected chi connectivity index (χ2v) is 6.77. The van der Waals surface area contributed by atoms with E-state index in [9.17, 15) is 4.79 Å². The van der Waals surface area contributed by atoms with Crippen molar-refractivity contribution < 1.29 is 4.79 Å². The number of rotatable bonds is 2. The fourth-order valence-corrected chi connectivity index (χ4v) is 3.81. The topological polar surface area (TPSA) is 17.1 Å². The van der Waals surface area contributed by atoms with Crippen molar-refractivity contribution in [1.82, 2.24) is 0 Å². The summed E-state index contributed by atoms with van der Waals surface area (Å²) in [5, 5.41) is 0. The van der Waals surface area contributed by atoms with Gasteiger partial charge in [-0.2, -0.15) is 0 Å². The quantitative estimate of drug-likeness (QED) is 0.564. The minimum Gasteiger partial charge on any atom is -0.293 e. The molecule has 3 aromatic carbocycles. The third kappa shape index (κ3) is 2.83. The van der Waals surface area contributed by atoms with Crippen molar-refractivity contribution in [2.24, 2.45) is 0 Å². The molecule has 0 heterocycles. The van der Waals surface area contributed by atoms with Crippen molar-refractivity contribution in [1.29, 1.82) is 0 Å². The van der Waals surface area contributed by atoms with Crippen LogP contribution in [0, 0.1) is 13.8 Å². The Morgan fingerprint density at radius 3 is 2.16 bits per heavy atom. The third-order valence-corrected chi connectivity index (χ3v) is 4.78. The van der Waals surface area contributed by atoms with Crippen molar-refractivity contribution in [2.75, 3.05) is 0 Å². The normalized spacial score (nSPS) is 17.8. The first kappa shape index (κ1) is 15.6. The molecule has 1 unspecified atom stereocenters. The van der Waals surface area contributed by atoms with Crippen LogP contribution in [0.3, 0.4) is 0 Å². The number of carbonyl (C=O) groups excluding carboxylic acids is 1. The number of benzene rings is 3. The van der Waals surface area contributed by atoms with Gasteiger partial charge in [-0.15, -0.1) is 0 Å². The van der Waals surface area contributed by atoms with Gasteiger partial charge in [-0.3, -0.25) is 4.79 Å². The standard InChI is InChI=1S/C24H20O/c1-16-12-17(2)14-18(13-16)15-22-20-10-6-7-11-21(20)23(24(22)25)19-8-4-3-5-9-19/h3-15,23H,1-2H3. The van der Waals surface area contributed by atoms with Gasteiger partial charge in [-0.05, 0) is 42.2 Å². The zero-order valence-corrected chi connectivity index (χ0v) is 14.5. The van der Waals surface area contributed by atoms with Gasteiger partial charge in [0.05, 0.1) is 5.92 Å². The molecule has 1 nitrogen and oxygen atoms in total. The van der Waals surface area contributed by atoms with Gasteiger partial charge in [-0.1, -0.05) is 83.9 Å². The fraction of sp³-hybridized carbons (Fsp3) is 0.125. The van der Waals surface area contributed by atoms with Gasteiger partial charge in [0.15, 0.2) is 5.78 Å². The Hall–Kier alpha value is -2.93. The number of carbonyl (C=O) groups is 1. The zero-order chi connectivity index (χ0) is 17.4. The molecule has 0 aliphatic heterocycles. The van der Waals surface area contributed by atoms with Crippen LogP contribution in [-0.2, 0) is 4.79 Å². The summed E-state index contributed by atoms with van der Waals surface area (Å²) in [5.41, 5.74) is 7.55. The van der Waals surface area contributed by atoms with E-state index in [0.29, 0.717) is 0 Å². The average Bonchev–Trinajstić information content (AvgIpc) is 2.87. The van der Waals surface area contributed by atoms with E-state index >= 15 is 0 Å². The number of hydrogen-bond donors (Lipinski definition) is 0. The third-order valence-electron chi connectivity index (χ3n) is 4.78. The molecule has 0 amide bonds. The van der Waals surface area contributed by atoms with Crippen LogP contribution >= 0.6 is 0 Å². The Bertz CT molecular complexity index is 960. The smallest absolute Gasteiger partial charge is 0.175 e. The number of fused-ring (bicyclic) bond motifs is 1. The van der Waals surface area contributed by atoms with Crippen LogP contribution in [0.15, 0.2) is 72.8 Å². The highest BCUT2D eigenvalue weighted by atomic mass is 16.1. The average molecular weight is 324 g/mol. The maximum absolute atomic E-state index is 13.3. The summed E-state index contributed by atoms with van der Waals surface area (Å²) < 4.78 is 0. The Labute approximate surface area is 148 Å². The van der Waals surface area contributed by atoms with Crippen molar-refractivity contribution in [3.05, 3.63) is 106 Å². The number of ketones is 1. The molecule has 0 fully saturated rings. The highest BCUT2D eigenvalue weighted by Crippen LogP contribution is 2.42. The van der Waals surface area contributed by atoms with E-state index in [1.165, 1.54) is 11.1 Å². The van der Waals surface area contributed by atoms with Gasteiger partial charge in [-0.25, -0.2) is 0 Å². The molecule has 0 radical (unpaired) electrons. The second-order valence-electron chi connectivity index (χ2n) is 6.77. The van der Waals surface area contributed by atoms with Crippen molar-refractivity contribution >= 4 is 17.4 Å². The van der Waals surface area contributed by atoms with Crippen LogP contribution in [0.2, 0.25) is 0 Å². The molecular weight excluding hydrogens is 304 g/mol. The minimum absolute atomic E-state index is 0.187. The molecule has 0 saturated carbocycles. The van der Waals surface area contributed by atoms with Crippen LogP contribution in [0.5, 0.6) is 0 Å². The predicted octanol–water partition coefficient (Wildman–Crippen LogP) is 5.56. The number of allylic oxidation sites excluding steroid dienone is 1. The molecule has 1 aliphatic carbocycles. The molecule has 1 aliphatic rings. The van der Waals surface area contributed by atoms with E-state index in [2.05, 4.69) is 44.2 Å². The first-order chi connectivity index (χ1) is 12.1. The summed E-state index contributed by atoms with van der Waals surface area (Å²) in [7, 11) is 0. The van der Waals surface area contributed by atoms with E-state index in [1.807, 2.05) is 48.5 Å². The van der Waals surface area contributed by atoms with Crippen molar-refractivity contribution in [2.45, 2.75) is 19.8 Å². The first-order valence-corrected chi connectivity index (χ1v) is 8.62. The van der Waals surface area contributed by atoms with Crippen molar-refractivity contribution in [3.63, 3.8) is 0 Å². The molecule has 1 atom stereocenters. The lowest BCUT2D eigenvalue weighted by molar-refractivity contribution is -0.113. The summed E-state index contributed by atoms with van der Waals surface area (Å²) in [4.78, 5) is 13.3. The number of aryl methyl sites for hydroxylation is 2. The molecule has 0 bridgehead atoms. The molecule has 0 saturated heterocycles. The van der Waals surface area contributed by atoms with Gasteiger partial charge in [0.1, 0.15) is 0 Å². The summed E-state index contributed by atoms with van der Waals surface area (Å²) in [6.45, 7) is 4.18. The molecule has 1 heteroatoms. The summed E-state index contributed by atoms with van der Waals surface area (Å²) >= 11 is 0. The van der Waals surface area contributed by atoms with E-state index < -0.39 is 0 Å². The molecule has 0 N–H and O–H groups in total. The maximum atomic E-state index is 13.3. The zero-order valence-electron chi connectivity index (χ0n) is 14.5. The van der Waals surface area contributed by atoms with Gasteiger partial charge >= 0.3 is 0 Å². The Kier molecular flexibility index (Phi) is 3.85. The highest BCUT2D eigenvalue weighted by Gasteiger charge is 2.35. The molecule has 25 heavy (non-hydrogen) atoms. The lowest BCUT2D eigenvalue weighted by Gasteiger charge is -2.09. The lowest BCUT2D eigenvalue weighted by Crippen LogP contribution is -2.07. The Morgan fingerprint density at radius 2 is 1.44 bits per heavy atom. The van der Waals surface area contributed by atoms with E-state index in [1.54, 1.807) is 0 Å². The molecule has 0 aromatic heterocycles. The van der Waals surface area contributed by atoms with Crippen LogP contribution in [-0.4, -0.2) is 5.78 Å². The predicted molar refractivity (Wildman–Crippen MR) is 104 cm³/mol. The van der Waals surface area contributed by atoms with Crippen molar-refractivity contribution in [3.8, 4) is 0 Å². The lowest BCUT2D eigenvalue weighted by atomic mass is 9.92. The number of Topliss-reactive ketones (excluding diaryl/α,β-unsaturated/α-hetero) is 1. The first-order valence-electron chi connectivity index (χ1n) is 8.62. The fourth-order valence-electron chi connectivity index (χ4n) is 3.81. The summed E-state index contributed by atoms with van der Waals surface area (Å²) in [5.74, 6) is -0.0129. The van der Waals surface area contributed by atoms with Gasteiger partial charge < -0.3 is 0 Å². The molecule has 4 rings (SSSR count). The van der Waals surface area contributed by atoms with Gasteiger partial charge in [0, 0.05) is 5.57 Å². The Morgan fingerprint density at radius 1 is 0.800 bits per heavy atom. The molecule has 122 valence electrons. The van der Waals surface area contributed by atoms with Crippen LogP contribution in [0.25, 0.3) is 11.6 Å². The monoisotopic (exact) mass is 324 g/mol. The maximum Gasteiger partial charge on any atom is 0.175 e. The summed E-state index contributed by atoms with van der Waals surface area (Å²) in [6.07, 6.45) is 2.05. The van der Waals surface area contributed by atoms with E-state index in [4.69, 9.17) is 0 Å². The second kappa shape index (κ2) is 6.18. The largest absolute Gasteiger partial charge is 0.293 e. The minimum atomic E-state index is -0.199.